The molecule has 0 aromatic heterocycles. The summed E-state index contributed by atoms with van der Waals surface area (Å²) >= 11 is 19.2. The van der Waals surface area contributed by atoms with Crippen LogP contribution >= 0.6 is 24.4 Å². The van der Waals surface area contributed by atoms with Gasteiger partial charge in [0.15, 0.2) is 0 Å². The molecule has 0 amide bonds. The van der Waals surface area contributed by atoms with Crippen LogP contribution in [-0.4, -0.2) is 21.7 Å². The topological polar surface area (TPSA) is 24.1 Å². The molecule has 0 aromatic rings. The van der Waals surface area contributed by atoms with E-state index in [-0.39, 0.29) is 59.1 Å². The first-order chi connectivity index (χ1) is 21.5. The second-order valence-corrected chi connectivity index (χ2v) is 15.2. The summed E-state index contributed by atoms with van der Waals surface area (Å²) in [4.78, 5) is 0. The third-order valence-corrected chi connectivity index (χ3v) is 9.18. The maximum Gasteiger partial charge on any atom is 1.00 e. The molecule has 2 nitrogen and oxygen atoms in total. The number of thiocarbonyl (C=S) groups is 2. The minimum atomic E-state index is 0. The van der Waals surface area contributed by atoms with E-state index >= 15 is 0 Å². The third-order valence-electron chi connectivity index (χ3n) is 8.60. The van der Waals surface area contributed by atoms with Crippen molar-refractivity contribution in [2.75, 3.05) is 13.1 Å². The zero-order valence-corrected chi connectivity index (χ0v) is 38.9. The third kappa shape index (κ3) is 58.4. The molecule has 0 aliphatic rings. The van der Waals surface area contributed by atoms with Gasteiger partial charge in [0.05, 0.1) is 0 Å². The van der Waals surface area contributed by atoms with Gasteiger partial charge in [0.2, 0.25) is 0 Å². The van der Waals surface area contributed by atoms with Gasteiger partial charge in [-0.05, 0) is 12.8 Å². The van der Waals surface area contributed by atoms with Crippen LogP contribution in [0.4, 0.5) is 0 Å². The average molecular weight is 735 g/mol. The average Bonchev–Trinajstić information content (AvgIpc) is 3.00. The molecule has 0 rings (SSSR count). The molecule has 0 heterocycles. The van der Waals surface area contributed by atoms with Crippen molar-refractivity contribution >= 4 is 58.3 Å². The van der Waals surface area contributed by atoms with Crippen molar-refractivity contribution in [3.8, 4) is 0 Å². The second-order valence-electron chi connectivity index (χ2n) is 13.0. The van der Waals surface area contributed by atoms with Crippen LogP contribution in [0.15, 0.2) is 0 Å². The normalized spacial score (nSPS) is 10.3. The van der Waals surface area contributed by atoms with Crippen molar-refractivity contribution < 1.29 is 59.1 Å². The maximum absolute atomic E-state index is 4.81. The van der Waals surface area contributed by atoms with E-state index in [4.69, 9.17) is 49.7 Å². The molecular weight excluding hydrogens is 659 g/mol. The largest absolute Gasteiger partial charge is 1.00 e. The first kappa shape index (κ1) is 55.0. The Morgan fingerprint density at radius 1 is 0.326 bits per heavy atom. The van der Waals surface area contributed by atoms with E-state index in [9.17, 15) is 0 Å². The molecule has 0 bridgehead atoms. The summed E-state index contributed by atoms with van der Waals surface area (Å²) in [5.74, 6) is 0. The molecule has 0 saturated heterocycles. The molecule has 0 fully saturated rings. The zero-order chi connectivity index (χ0) is 32.6. The van der Waals surface area contributed by atoms with E-state index < -0.39 is 0 Å². The van der Waals surface area contributed by atoms with E-state index in [0.29, 0.717) is 8.64 Å². The predicted molar refractivity (Wildman–Crippen MR) is 215 cm³/mol. The van der Waals surface area contributed by atoms with Crippen LogP contribution in [0, 0.1) is 0 Å². The Morgan fingerprint density at radius 2 is 0.478 bits per heavy atom. The number of nitrogens with one attached hydrogen (secondary N) is 2. The van der Waals surface area contributed by atoms with E-state index in [0.717, 1.165) is 13.1 Å². The monoisotopic (exact) mass is 734 g/mol. The van der Waals surface area contributed by atoms with E-state index in [1.165, 1.54) is 205 Å². The van der Waals surface area contributed by atoms with Crippen LogP contribution in [0.25, 0.3) is 0 Å². The van der Waals surface area contributed by atoms with Crippen molar-refractivity contribution in [2.24, 2.45) is 0 Å². The van der Waals surface area contributed by atoms with E-state index in [1.807, 2.05) is 0 Å². The van der Waals surface area contributed by atoms with Gasteiger partial charge in [-0.1, -0.05) is 215 Å². The Labute approximate surface area is 356 Å². The van der Waals surface area contributed by atoms with E-state index in [2.05, 4.69) is 24.5 Å². The fourth-order valence-corrected chi connectivity index (χ4v) is 6.14. The van der Waals surface area contributed by atoms with Crippen molar-refractivity contribution in [3.63, 3.8) is 0 Å². The summed E-state index contributed by atoms with van der Waals surface area (Å²) in [5, 5.41) is 6.08. The van der Waals surface area contributed by atoms with Crippen molar-refractivity contribution in [3.05, 3.63) is 0 Å². The molecule has 0 aromatic carbocycles. The van der Waals surface area contributed by atoms with Crippen molar-refractivity contribution in [1.82, 2.24) is 10.6 Å². The number of rotatable bonds is 34. The first-order valence-electron chi connectivity index (χ1n) is 19.4. The van der Waals surface area contributed by atoms with Crippen LogP contribution < -0.4 is 69.7 Å². The van der Waals surface area contributed by atoms with Crippen LogP contribution in [0.2, 0.25) is 0 Å². The molecule has 0 spiro atoms. The smallest absolute Gasteiger partial charge is 0.412 e. The number of hydrogen-bond donors (Lipinski definition) is 2. The molecular formula is C38H76N2Na2S4. The summed E-state index contributed by atoms with van der Waals surface area (Å²) < 4.78 is 1.03. The van der Waals surface area contributed by atoms with Gasteiger partial charge in [-0.15, -0.1) is 0 Å². The number of unbranched alkanes of at least 4 members (excludes halogenated alkanes) is 30. The molecule has 0 atom stereocenters. The summed E-state index contributed by atoms with van der Waals surface area (Å²) in [7, 11) is 0. The quantitative estimate of drug-likeness (QED) is 0.0311. The molecule has 0 aliphatic heterocycles. The fraction of sp³-hybridized carbons (Fsp3) is 0.947. The molecule has 0 aliphatic carbocycles. The van der Waals surface area contributed by atoms with Gasteiger partial charge in [0.1, 0.15) is 0 Å². The van der Waals surface area contributed by atoms with Gasteiger partial charge >= 0.3 is 59.1 Å². The fourth-order valence-electron chi connectivity index (χ4n) is 5.73. The molecule has 0 radical (unpaired) electrons. The molecule has 2 N–H and O–H groups in total. The first-order valence-corrected chi connectivity index (χ1v) is 21.1. The minimum Gasteiger partial charge on any atom is -0.412 e. The van der Waals surface area contributed by atoms with Gasteiger partial charge in [0, 0.05) is 13.1 Å². The van der Waals surface area contributed by atoms with Crippen molar-refractivity contribution in [1.29, 1.82) is 0 Å². The Hall–Kier alpha value is 2.22. The molecule has 8 heteroatoms. The summed E-state index contributed by atoms with van der Waals surface area (Å²) in [5.41, 5.74) is 0. The van der Waals surface area contributed by atoms with Gasteiger partial charge < -0.3 is 60.3 Å². The molecule has 46 heavy (non-hydrogen) atoms. The van der Waals surface area contributed by atoms with Crippen molar-refractivity contribution in [2.45, 2.75) is 219 Å². The van der Waals surface area contributed by atoms with Crippen LogP contribution in [-0.2, 0) is 25.3 Å². The summed E-state index contributed by atoms with van der Waals surface area (Å²) in [6.07, 6.45) is 45.2. The second kappa shape index (κ2) is 51.6. The minimum absolute atomic E-state index is 0. The van der Waals surface area contributed by atoms with Gasteiger partial charge in [0.25, 0.3) is 0 Å². The Bertz CT molecular complexity index is 523. The maximum atomic E-state index is 4.81. The number of hydrogen-bond acceptors (Lipinski definition) is 4. The van der Waals surface area contributed by atoms with Crippen LogP contribution in [0.3, 0.4) is 0 Å². The summed E-state index contributed by atoms with van der Waals surface area (Å²) in [6.45, 7) is 6.49. The summed E-state index contributed by atoms with van der Waals surface area (Å²) in [6, 6.07) is 0. The molecule has 0 unspecified atom stereocenters. The Morgan fingerprint density at radius 3 is 0.630 bits per heavy atom. The van der Waals surface area contributed by atoms with Gasteiger partial charge in [-0.3, -0.25) is 0 Å². The van der Waals surface area contributed by atoms with Gasteiger partial charge in [-0.25, -0.2) is 0 Å². The SMILES string of the molecule is CCCCCCCCCCCCCCCCCCNC(=S)[S-].CCCCCCCCCCCCCCCCCCNC(=S)[S-].[Na+].[Na+]. The Kier molecular flexibility index (Phi) is 61.7. The Balaban J connectivity index is -0.000000367. The zero-order valence-electron chi connectivity index (χ0n) is 31.7. The molecule has 264 valence electrons. The standard InChI is InChI=1S/2C19H39NS2.2Na/c2*1-2-3-4-5-6-7-8-9-10-11-12-13-14-15-16-17-18-20-19(21)22;;/h2*2-18H2,1H3,(H2,20,21,22);;/q;;2*+1/p-2. The van der Waals surface area contributed by atoms with E-state index in [1.54, 1.807) is 0 Å². The van der Waals surface area contributed by atoms with Gasteiger partial charge in [-0.2, -0.15) is 0 Å². The van der Waals surface area contributed by atoms with Crippen LogP contribution in [0.5, 0.6) is 0 Å². The predicted octanol–water partition coefficient (Wildman–Crippen LogP) is 7.35. The van der Waals surface area contributed by atoms with Crippen LogP contribution in [0.1, 0.15) is 219 Å². The molecule has 0 saturated carbocycles.